The molecule has 2 aromatic heterocycles. The summed E-state index contributed by atoms with van der Waals surface area (Å²) in [6.45, 7) is 5.16. The number of likely N-dealkylation sites (N-methyl/N-ethyl adjacent to an activating group) is 1. The van der Waals surface area contributed by atoms with Crippen molar-refractivity contribution in [1.29, 1.82) is 0 Å². The van der Waals surface area contributed by atoms with E-state index in [0.717, 1.165) is 40.6 Å². The topological polar surface area (TPSA) is 92.3 Å². The second kappa shape index (κ2) is 11.2. The number of fused-ring (bicyclic) bond motifs is 1. The number of hydrogen-bond donors (Lipinski definition) is 2. The first kappa shape index (κ1) is 25.5. The molecule has 39 heavy (non-hydrogen) atoms. The zero-order valence-corrected chi connectivity index (χ0v) is 22.6. The Morgan fingerprint density at radius 3 is 2.33 bits per heavy atom. The van der Waals surface area contributed by atoms with Gasteiger partial charge in [-0.3, -0.25) is 9.69 Å². The number of anilines is 1. The number of aromatic nitrogens is 3. The van der Waals surface area contributed by atoms with Crippen molar-refractivity contribution in [3.05, 3.63) is 78.2 Å². The lowest BCUT2D eigenvalue weighted by molar-refractivity contribution is 0.0828. The number of nitrogens with zero attached hydrogens (tertiary/aromatic N) is 5. The highest BCUT2D eigenvalue weighted by Gasteiger charge is 2.30. The zero-order valence-electron chi connectivity index (χ0n) is 22.6. The maximum Gasteiger partial charge on any atom is 0.251 e. The van der Waals surface area contributed by atoms with Gasteiger partial charge in [-0.25, -0.2) is 9.97 Å². The van der Waals surface area contributed by atoms with E-state index in [1.165, 1.54) is 39.0 Å². The van der Waals surface area contributed by atoms with Crippen LogP contribution < -0.4 is 11.1 Å². The van der Waals surface area contributed by atoms with Crippen molar-refractivity contribution in [1.82, 2.24) is 29.7 Å². The summed E-state index contributed by atoms with van der Waals surface area (Å²) < 4.78 is 2.34. The van der Waals surface area contributed by atoms with Crippen LogP contribution >= 0.6 is 0 Å². The van der Waals surface area contributed by atoms with E-state index in [1.807, 2.05) is 30.3 Å². The third-order valence-corrected chi connectivity index (χ3v) is 8.51. The molecule has 1 saturated carbocycles. The van der Waals surface area contributed by atoms with Gasteiger partial charge < -0.3 is 20.5 Å². The molecule has 202 valence electrons. The molecule has 2 aliphatic rings. The van der Waals surface area contributed by atoms with Gasteiger partial charge >= 0.3 is 0 Å². The van der Waals surface area contributed by atoms with Crippen molar-refractivity contribution in [3.63, 3.8) is 0 Å². The number of hydrogen-bond acceptors (Lipinski definition) is 6. The number of amides is 1. The standard InChI is InChI=1S/C31H37N7O/c1-36-15-17-37(18-16-36)25-11-13-26(14-12-25)38-20-27(28-29(32)34-21-35-30(28)38)23-9-7-22(8-10-23)19-33-31(39)24-5-3-2-4-6-24/h2-10,20-21,25-26H,11-19H2,1H3,(H,33,39)(H2,32,34,35). The van der Waals surface area contributed by atoms with Gasteiger partial charge in [0.1, 0.15) is 17.8 Å². The third kappa shape index (κ3) is 5.40. The predicted octanol–water partition coefficient (Wildman–Crippen LogP) is 4.34. The third-order valence-electron chi connectivity index (χ3n) is 8.51. The van der Waals surface area contributed by atoms with Gasteiger partial charge in [0.2, 0.25) is 0 Å². The zero-order chi connectivity index (χ0) is 26.8. The molecule has 1 aliphatic heterocycles. The summed E-state index contributed by atoms with van der Waals surface area (Å²) in [7, 11) is 2.22. The molecule has 0 bridgehead atoms. The van der Waals surface area contributed by atoms with Gasteiger partial charge in [-0.15, -0.1) is 0 Å². The smallest absolute Gasteiger partial charge is 0.251 e. The lowest BCUT2D eigenvalue weighted by Gasteiger charge is -2.41. The molecule has 3 heterocycles. The first-order valence-corrected chi connectivity index (χ1v) is 14.0. The largest absolute Gasteiger partial charge is 0.383 e. The fraction of sp³-hybridized carbons (Fsp3) is 0.387. The molecule has 3 N–H and O–H groups in total. The van der Waals surface area contributed by atoms with Crippen LogP contribution in [0, 0.1) is 0 Å². The second-order valence-electron chi connectivity index (χ2n) is 11.0. The summed E-state index contributed by atoms with van der Waals surface area (Å²) in [4.78, 5) is 26.5. The fourth-order valence-corrected chi connectivity index (χ4v) is 6.17. The van der Waals surface area contributed by atoms with Gasteiger partial charge in [-0.05, 0) is 56.0 Å². The molecule has 8 heteroatoms. The Balaban J connectivity index is 1.18. The van der Waals surface area contributed by atoms with Gasteiger partial charge in [0.25, 0.3) is 5.91 Å². The number of rotatable bonds is 6. The second-order valence-corrected chi connectivity index (χ2v) is 11.0. The molecule has 1 amide bonds. The normalized spacial score (nSPS) is 20.7. The number of piperazine rings is 1. The van der Waals surface area contributed by atoms with Crippen molar-refractivity contribution in [2.45, 2.75) is 44.3 Å². The minimum absolute atomic E-state index is 0.0741. The number of carbonyl (C=O) groups is 1. The summed E-state index contributed by atoms with van der Waals surface area (Å²) in [6.07, 6.45) is 8.52. The maximum atomic E-state index is 12.4. The molecule has 0 spiro atoms. The molecule has 8 nitrogen and oxygen atoms in total. The molecular formula is C31H37N7O. The van der Waals surface area contributed by atoms with E-state index in [1.54, 1.807) is 6.33 Å². The van der Waals surface area contributed by atoms with Crippen LogP contribution in [0.4, 0.5) is 5.82 Å². The molecule has 2 aromatic carbocycles. The summed E-state index contributed by atoms with van der Waals surface area (Å²) in [5.41, 5.74) is 11.2. The Bertz CT molecular complexity index is 1420. The van der Waals surface area contributed by atoms with Crippen LogP contribution in [0.1, 0.15) is 47.6 Å². The van der Waals surface area contributed by atoms with E-state index in [0.29, 0.717) is 30.0 Å². The number of nitrogens with two attached hydrogens (primary N) is 1. The lowest BCUT2D eigenvalue weighted by Crippen LogP contribution is -2.49. The van der Waals surface area contributed by atoms with Crippen LogP contribution in [0.3, 0.4) is 0 Å². The van der Waals surface area contributed by atoms with Gasteiger partial charge in [0, 0.05) is 62.1 Å². The quantitative estimate of drug-likeness (QED) is 0.391. The van der Waals surface area contributed by atoms with E-state index in [9.17, 15) is 4.79 Å². The van der Waals surface area contributed by atoms with Gasteiger partial charge in [0.15, 0.2) is 0 Å². The number of nitrogen functional groups attached to an aromatic ring is 1. The maximum absolute atomic E-state index is 12.4. The van der Waals surface area contributed by atoms with E-state index < -0.39 is 0 Å². The summed E-state index contributed by atoms with van der Waals surface area (Å²) >= 11 is 0. The molecule has 1 aliphatic carbocycles. The summed E-state index contributed by atoms with van der Waals surface area (Å²) in [6, 6.07) is 18.7. The summed E-state index contributed by atoms with van der Waals surface area (Å²) in [5, 5.41) is 3.92. The number of nitrogens with one attached hydrogen (secondary N) is 1. The molecule has 1 saturated heterocycles. The molecule has 2 fully saturated rings. The molecule has 6 rings (SSSR count). The Hall–Kier alpha value is -3.75. The van der Waals surface area contributed by atoms with Crippen molar-refractivity contribution in [2.24, 2.45) is 0 Å². The minimum Gasteiger partial charge on any atom is -0.383 e. The molecule has 0 atom stereocenters. The van der Waals surface area contributed by atoms with Gasteiger partial charge in [0.05, 0.1) is 5.39 Å². The predicted molar refractivity (Wildman–Crippen MR) is 155 cm³/mol. The van der Waals surface area contributed by atoms with Crippen LogP contribution in [0.5, 0.6) is 0 Å². The molecule has 0 unspecified atom stereocenters. The molecule has 0 radical (unpaired) electrons. The minimum atomic E-state index is -0.0741. The molecule has 4 aromatic rings. The van der Waals surface area contributed by atoms with Crippen molar-refractivity contribution in [3.8, 4) is 11.1 Å². The van der Waals surface area contributed by atoms with E-state index >= 15 is 0 Å². The highest BCUT2D eigenvalue weighted by atomic mass is 16.1. The Kier molecular flexibility index (Phi) is 7.30. The van der Waals surface area contributed by atoms with Gasteiger partial charge in [-0.1, -0.05) is 42.5 Å². The fourth-order valence-electron chi connectivity index (χ4n) is 6.17. The van der Waals surface area contributed by atoms with Crippen molar-refractivity contribution in [2.75, 3.05) is 39.0 Å². The summed E-state index contributed by atoms with van der Waals surface area (Å²) in [5.74, 6) is 0.439. The SMILES string of the molecule is CN1CCN(C2CCC(n3cc(-c4ccc(CNC(=O)c5ccccc5)cc4)c4c(N)ncnc43)CC2)CC1. The Morgan fingerprint density at radius 2 is 1.62 bits per heavy atom. The average molecular weight is 524 g/mol. The lowest BCUT2D eigenvalue weighted by atomic mass is 9.89. The van der Waals surface area contributed by atoms with E-state index in [-0.39, 0.29) is 5.91 Å². The number of benzene rings is 2. The first-order chi connectivity index (χ1) is 19.1. The first-order valence-electron chi connectivity index (χ1n) is 14.0. The monoisotopic (exact) mass is 523 g/mol. The van der Waals surface area contributed by atoms with Crippen molar-refractivity contribution < 1.29 is 4.79 Å². The highest BCUT2D eigenvalue weighted by Crippen LogP contribution is 2.39. The van der Waals surface area contributed by atoms with Crippen molar-refractivity contribution >= 4 is 22.8 Å². The van der Waals surface area contributed by atoms with E-state index in [4.69, 9.17) is 5.73 Å². The molecular weight excluding hydrogens is 486 g/mol. The van der Waals surface area contributed by atoms with Crippen LogP contribution in [-0.4, -0.2) is 69.5 Å². The highest BCUT2D eigenvalue weighted by molar-refractivity contribution is 6.00. The van der Waals surface area contributed by atoms with Crippen LogP contribution in [0.25, 0.3) is 22.2 Å². The van der Waals surface area contributed by atoms with Crippen LogP contribution in [-0.2, 0) is 6.54 Å². The number of carbonyl (C=O) groups excluding carboxylic acids is 1. The Labute approximate surface area is 229 Å². The van der Waals surface area contributed by atoms with Crippen LogP contribution in [0.2, 0.25) is 0 Å². The van der Waals surface area contributed by atoms with Crippen LogP contribution in [0.15, 0.2) is 67.1 Å². The van der Waals surface area contributed by atoms with Gasteiger partial charge in [-0.2, -0.15) is 0 Å². The average Bonchev–Trinajstić information content (AvgIpc) is 3.38. The Morgan fingerprint density at radius 1 is 0.923 bits per heavy atom. The van der Waals surface area contributed by atoms with E-state index in [2.05, 4.69) is 67.2 Å².